The molecule has 1 aromatic carbocycles. The topological polar surface area (TPSA) is 71.1 Å². The van der Waals surface area contributed by atoms with Crippen LogP contribution in [0.4, 0.5) is 13.2 Å². The number of carbonyl (C=O) groups excluding carboxylic acids is 2. The van der Waals surface area contributed by atoms with E-state index in [1.54, 1.807) is 0 Å². The lowest BCUT2D eigenvalue weighted by atomic mass is 10.2. The fourth-order valence-electron chi connectivity index (χ4n) is 1.64. The number of carbonyl (C=O) groups is 2. The van der Waals surface area contributed by atoms with Crippen LogP contribution in [0.2, 0.25) is 0 Å². The van der Waals surface area contributed by atoms with Crippen LogP contribution in [0.15, 0.2) is 47.6 Å². The average Bonchev–Trinajstić information content (AvgIpc) is 2.52. The van der Waals surface area contributed by atoms with Gasteiger partial charge in [0.2, 0.25) is 0 Å². The number of thioether (sulfide) groups is 1. The molecule has 1 heterocycles. The largest absolute Gasteiger partial charge is 0.290 e. The Labute approximate surface area is 133 Å². The summed E-state index contributed by atoms with van der Waals surface area (Å²) in [7, 11) is 0. The molecule has 1 aromatic heterocycles. The van der Waals surface area contributed by atoms with Crippen LogP contribution in [0.25, 0.3) is 0 Å². The molecule has 5 nitrogen and oxygen atoms in total. The summed E-state index contributed by atoms with van der Waals surface area (Å²) in [5.74, 6) is -5.21. The zero-order valence-corrected chi connectivity index (χ0v) is 12.2. The summed E-state index contributed by atoms with van der Waals surface area (Å²) in [6.07, 6.45) is 1.26. The van der Waals surface area contributed by atoms with Crippen LogP contribution >= 0.6 is 11.8 Å². The number of hydrogen-bond acceptors (Lipinski definition) is 4. The van der Waals surface area contributed by atoms with Gasteiger partial charge in [0.1, 0.15) is 10.8 Å². The number of nitrogens with one attached hydrogen (secondary N) is 2. The van der Waals surface area contributed by atoms with E-state index in [-0.39, 0.29) is 27.9 Å². The van der Waals surface area contributed by atoms with Crippen molar-refractivity contribution in [1.29, 1.82) is 0 Å². The molecule has 0 aliphatic rings. The number of nitrogens with zero attached hydrogens (tertiary/aromatic N) is 1. The number of amides is 2. The molecule has 120 valence electrons. The van der Waals surface area contributed by atoms with E-state index in [1.165, 1.54) is 36.5 Å². The van der Waals surface area contributed by atoms with Gasteiger partial charge in [-0.3, -0.25) is 20.4 Å². The number of halogens is 3. The average molecular weight is 341 g/mol. The van der Waals surface area contributed by atoms with Gasteiger partial charge in [0.05, 0.1) is 11.1 Å². The third-order valence-corrected chi connectivity index (χ3v) is 3.35. The Balaban J connectivity index is 2.06. The number of aromatic nitrogens is 1. The number of rotatable bonds is 4. The molecule has 0 fully saturated rings. The summed E-state index contributed by atoms with van der Waals surface area (Å²) >= 11 is 0.108. The Kier molecular flexibility index (Phi) is 5.58. The fraction of sp³-hybridized carbons (Fsp3) is 0.0714. The minimum Gasteiger partial charge on any atom is -0.267 e. The number of benzene rings is 1. The lowest BCUT2D eigenvalue weighted by Gasteiger charge is -2.10. The maximum Gasteiger partial charge on any atom is 0.290 e. The van der Waals surface area contributed by atoms with Crippen molar-refractivity contribution in [2.45, 2.75) is 10.8 Å². The second kappa shape index (κ2) is 7.63. The highest BCUT2D eigenvalue weighted by Crippen LogP contribution is 2.26. The second-order valence-corrected chi connectivity index (χ2v) is 5.10. The van der Waals surface area contributed by atoms with Crippen molar-refractivity contribution < 1.29 is 22.8 Å². The number of alkyl halides is 2. The van der Waals surface area contributed by atoms with Gasteiger partial charge < -0.3 is 0 Å². The van der Waals surface area contributed by atoms with E-state index >= 15 is 0 Å². The Morgan fingerprint density at radius 3 is 2.26 bits per heavy atom. The van der Waals surface area contributed by atoms with Crippen LogP contribution in [-0.4, -0.2) is 22.6 Å². The molecule has 0 saturated heterocycles. The van der Waals surface area contributed by atoms with E-state index in [2.05, 4.69) is 4.98 Å². The van der Waals surface area contributed by atoms with E-state index in [0.29, 0.717) is 0 Å². The number of pyridine rings is 1. The van der Waals surface area contributed by atoms with E-state index in [9.17, 15) is 22.8 Å². The van der Waals surface area contributed by atoms with Gasteiger partial charge in [0.15, 0.2) is 0 Å². The normalized spacial score (nSPS) is 10.4. The zero-order valence-electron chi connectivity index (χ0n) is 11.4. The van der Waals surface area contributed by atoms with Crippen molar-refractivity contribution in [2.75, 3.05) is 0 Å². The third-order valence-electron chi connectivity index (χ3n) is 2.62. The van der Waals surface area contributed by atoms with E-state index in [0.717, 1.165) is 6.07 Å². The Hall–Kier alpha value is -2.55. The molecule has 2 aromatic rings. The van der Waals surface area contributed by atoms with Gasteiger partial charge in [0.25, 0.3) is 17.6 Å². The lowest BCUT2D eigenvalue weighted by molar-refractivity contribution is 0.0842. The van der Waals surface area contributed by atoms with Crippen LogP contribution in [-0.2, 0) is 0 Å². The Bertz CT molecular complexity index is 728. The predicted octanol–water partition coefficient (Wildman–Crippen LogP) is 2.61. The zero-order chi connectivity index (χ0) is 16.8. The molecular formula is C14H10F3N3O2S. The van der Waals surface area contributed by atoms with Gasteiger partial charge in [-0.1, -0.05) is 12.1 Å². The summed E-state index contributed by atoms with van der Waals surface area (Å²) in [5, 5.41) is -0.180. The smallest absolute Gasteiger partial charge is 0.267 e. The monoisotopic (exact) mass is 341 g/mol. The SMILES string of the molecule is O=C(NNC(=O)c1cccnc1SC(F)F)c1ccccc1F. The highest BCUT2D eigenvalue weighted by atomic mass is 32.2. The number of hydrogen-bond donors (Lipinski definition) is 2. The Morgan fingerprint density at radius 2 is 1.61 bits per heavy atom. The molecule has 23 heavy (non-hydrogen) atoms. The van der Waals surface area contributed by atoms with Gasteiger partial charge in [0, 0.05) is 6.20 Å². The van der Waals surface area contributed by atoms with E-state index in [1.807, 2.05) is 10.9 Å². The molecule has 2 amide bonds. The minimum atomic E-state index is -2.75. The van der Waals surface area contributed by atoms with Gasteiger partial charge in [-0.25, -0.2) is 9.37 Å². The molecule has 0 aliphatic carbocycles. The van der Waals surface area contributed by atoms with Gasteiger partial charge in [-0.15, -0.1) is 0 Å². The first-order valence-electron chi connectivity index (χ1n) is 6.24. The molecule has 0 saturated carbocycles. The van der Waals surface area contributed by atoms with Gasteiger partial charge in [-0.05, 0) is 36.0 Å². The van der Waals surface area contributed by atoms with E-state index in [4.69, 9.17) is 0 Å². The first kappa shape index (κ1) is 16.8. The van der Waals surface area contributed by atoms with Crippen LogP contribution in [0, 0.1) is 5.82 Å². The van der Waals surface area contributed by atoms with Crippen molar-refractivity contribution in [3.8, 4) is 0 Å². The Morgan fingerprint density at radius 1 is 1.00 bits per heavy atom. The lowest BCUT2D eigenvalue weighted by Crippen LogP contribution is -2.42. The van der Waals surface area contributed by atoms with Crippen LogP contribution in [0.3, 0.4) is 0 Å². The maximum atomic E-state index is 13.4. The van der Waals surface area contributed by atoms with Crippen molar-refractivity contribution in [1.82, 2.24) is 15.8 Å². The highest BCUT2D eigenvalue weighted by molar-refractivity contribution is 7.99. The summed E-state index contributed by atoms with van der Waals surface area (Å²) in [6.45, 7) is 0. The summed E-state index contributed by atoms with van der Waals surface area (Å²) < 4.78 is 38.3. The van der Waals surface area contributed by atoms with Crippen molar-refractivity contribution >= 4 is 23.6 Å². The van der Waals surface area contributed by atoms with Gasteiger partial charge in [-0.2, -0.15) is 8.78 Å². The third kappa shape index (κ3) is 4.46. The van der Waals surface area contributed by atoms with Crippen LogP contribution < -0.4 is 10.9 Å². The molecule has 0 bridgehead atoms. The van der Waals surface area contributed by atoms with Crippen molar-refractivity contribution in [3.63, 3.8) is 0 Å². The molecule has 9 heteroatoms. The second-order valence-electron chi connectivity index (χ2n) is 4.12. The molecule has 0 atom stereocenters. The first-order chi connectivity index (χ1) is 11.0. The standard InChI is InChI=1S/C14H10F3N3O2S/c15-10-6-2-1-4-8(10)11(21)19-20-12(22)9-5-3-7-18-13(9)23-14(16)17/h1-7,14H,(H,19,21)(H,20,22). The van der Waals surface area contributed by atoms with Crippen molar-refractivity contribution in [3.05, 3.63) is 59.5 Å². The molecule has 0 unspecified atom stereocenters. The predicted molar refractivity (Wildman–Crippen MR) is 77.4 cm³/mol. The highest BCUT2D eigenvalue weighted by Gasteiger charge is 2.18. The van der Waals surface area contributed by atoms with Gasteiger partial charge >= 0.3 is 0 Å². The molecule has 0 radical (unpaired) electrons. The van der Waals surface area contributed by atoms with E-state index < -0.39 is 23.4 Å². The van der Waals surface area contributed by atoms with Crippen LogP contribution in [0.5, 0.6) is 0 Å². The summed E-state index contributed by atoms with van der Waals surface area (Å²) in [6, 6.07) is 7.87. The molecule has 2 rings (SSSR count). The maximum absolute atomic E-state index is 13.4. The fourth-order valence-corrected chi connectivity index (χ4v) is 2.21. The summed E-state index contributed by atoms with van der Waals surface area (Å²) in [5.41, 5.74) is 3.65. The molecule has 2 N–H and O–H groups in total. The van der Waals surface area contributed by atoms with Crippen molar-refractivity contribution in [2.24, 2.45) is 0 Å². The molecule has 0 spiro atoms. The quantitative estimate of drug-likeness (QED) is 0.662. The number of hydrazine groups is 1. The molecular weight excluding hydrogens is 331 g/mol. The van der Waals surface area contributed by atoms with Crippen LogP contribution in [0.1, 0.15) is 20.7 Å². The first-order valence-corrected chi connectivity index (χ1v) is 7.12. The summed E-state index contributed by atoms with van der Waals surface area (Å²) in [4.78, 5) is 27.4. The molecule has 0 aliphatic heterocycles. The minimum absolute atomic E-state index is 0.108.